The second-order valence-electron chi connectivity index (χ2n) is 5.65. The van der Waals surface area contributed by atoms with Gasteiger partial charge in [0.15, 0.2) is 6.10 Å². The van der Waals surface area contributed by atoms with Crippen LogP contribution in [0.4, 0.5) is 0 Å². The molecule has 2 unspecified atom stereocenters. The molecular formula is C16H14N2O7. The first-order valence-corrected chi connectivity index (χ1v) is 7.53. The normalized spacial score (nSPS) is 23.3. The zero-order valence-electron chi connectivity index (χ0n) is 12.9. The van der Waals surface area contributed by atoms with E-state index in [0.717, 1.165) is 4.90 Å². The third-order valence-corrected chi connectivity index (χ3v) is 4.05. The van der Waals surface area contributed by atoms with Crippen LogP contribution in [0, 0.1) is 0 Å². The number of rotatable bonds is 4. The molecule has 0 aliphatic carbocycles. The van der Waals surface area contributed by atoms with E-state index in [1.807, 2.05) is 0 Å². The van der Waals surface area contributed by atoms with E-state index >= 15 is 0 Å². The Hall–Kier alpha value is -3.07. The number of nitrogens with zero attached hydrogens (tertiary/aromatic N) is 1. The number of fused-ring (bicyclic) bond motifs is 1. The van der Waals surface area contributed by atoms with Gasteiger partial charge in [0, 0.05) is 17.5 Å². The molecule has 2 N–H and O–H groups in total. The number of nitrogens with one attached hydrogen (secondary N) is 1. The van der Waals surface area contributed by atoms with E-state index in [-0.39, 0.29) is 24.0 Å². The Morgan fingerprint density at radius 1 is 1.24 bits per heavy atom. The van der Waals surface area contributed by atoms with Crippen LogP contribution in [-0.2, 0) is 23.9 Å². The molecule has 130 valence electrons. The van der Waals surface area contributed by atoms with Crippen LogP contribution in [0.1, 0.15) is 34.9 Å². The minimum Gasteiger partial charge on any atom is -0.480 e. The number of amides is 4. The van der Waals surface area contributed by atoms with Crippen molar-refractivity contribution >= 4 is 29.6 Å². The number of aliphatic carboxylic acids is 1. The second kappa shape index (κ2) is 6.44. The molecule has 1 aromatic rings. The van der Waals surface area contributed by atoms with Crippen molar-refractivity contribution in [1.82, 2.24) is 10.2 Å². The highest BCUT2D eigenvalue weighted by molar-refractivity contribution is 6.14. The first-order valence-electron chi connectivity index (χ1n) is 7.53. The summed E-state index contributed by atoms with van der Waals surface area (Å²) in [6.07, 6.45) is -1.30. The van der Waals surface area contributed by atoms with Crippen molar-refractivity contribution in [3.8, 4) is 0 Å². The largest absolute Gasteiger partial charge is 0.480 e. The number of carboxylic acid groups (broad SMARTS) is 1. The van der Waals surface area contributed by atoms with Crippen molar-refractivity contribution in [2.75, 3.05) is 6.61 Å². The molecule has 2 aliphatic rings. The molecule has 25 heavy (non-hydrogen) atoms. The van der Waals surface area contributed by atoms with Crippen molar-refractivity contribution in [2.45, 2.75) is 25.0 Å². The number of hydrogen-bond donors (Lipinski definition) is 2. The predicted octanol–water partition coefficient (Wildman–Crippen LogP) is -0.383. The Morgan fingerprint density at radius 2 is 1.96 bits per heavy atom. The molecule has 3 rings (SSSR count). The lowest BCUT2D eigenvalue weighted by Crippen LogP contribution is -2.59. The van der Waals surface area contributed by atoms with Crippen LogP contribution >= 0.6 is 0 Å². The summed E-state index contributed by atoms with van der Waals surface area (Å²) in [5.41, 5.74) is 0.407. The Kier molecular flexibility index (Phi) is 4.32. The number of carbonyl (C=O) groups is 5. The number of hydrogen-bond acceptors (Lipinski definition) is 6. The lowest BCUT2D eigenvalue weighted by atomic mass is 9.92. The molecule has 2 aliphatic heterocycles. The highest BCUT2D eigenvalue weighted by atomic mass is 16.5. The SMILES string of the molecule is O=C(O)COC1C(=O)N(C2CCC(=O)NC2=O)C(=O)c2ccccc21. The average molecular weight is 346 g/mol. The van der Waals surface area contributed by atoms with Gasteiger partial charge in [-0.1, -0.05) is 18.2 Å². The molecule has 2 atom stereocenters. The molecule has 2 heterocycles. The van der Waals surface area contributed by atoms with Crippen LogP contribution in [-0.4, -0.2) is 52.3 Å². The van der Waals surface area contributed by atoms with Gasteiger partial charge >= 0.3 is 5.97 Å². The molecule has 9 nitrogen and oxygen atoms in total. The molecule has 1 aromatic carbocycles. The average Bonchev–Trinajstić information content (AvgIpc) is 2.56. The summed E-state index contributed by atoms with van der Waals surface area (Å²) < 4.78 is 5.17. The maximum Gasteiger partial charge on any atom is 0.329 e. The van der Waals surface area contributed by atoms with Crippen molar-refractivity contribution in [3.63, 3.8) is 0 Å². The van der Waals surface area contributed by atoms with Crippen molar-refractivity contribution in [3.05, 3.63) is 35.4 Å². The summed E-state index contributed by atoms with van der Waals surface area (Å²) in [5, 5.41) is 10.9. The molecule has 4 amide bonds. The van der Waals surface area contributed by atoms with E-state index in [1.54, 1.807) is 12.1 Å². The number of carboxylic acids is 1. The van der Waals surface area contributed by atoms with Gasteiger partial charge in [0.1, 0.15) is 12.6 Å². The van der Waals surface area contributed by atoms with Gasteiger partial charge in [-0.05, 0) is 12.5 Å². The van der Waals surface area contributed by atoms with E-state index in [9.17, 15) is 24.0 Å². The number of benzene rings is 1. The first-order chi connectivity index (χ1) is 11.9. The quantitative estimate of drug-likeness (QED) is 0.710. The Balaban J connectivity index is 1.98. The van der Waals surface area contributed by atoms with Crippen LogP contribution in [0.15, 0.2) is 24.3 Å². The number of imide groups is 2. The van der Waals surface area contributed by atoms with Gasteiger partial charge in [-0.15, -0.1) is 0 Å². The van der Waals surface area contributed by atoms with Crippen molar-refractivity contribution in [2.24, 2.45) is 0 Å². The van der Waals surface area contributed by atoms with Crippen LogP contribution in [0.25, 0.3) is 0 Å². The fraction of sp³-hybridized carbons (Fsp3) is 0.312. The maximum absolute atomic E-state index is 12.8. The third kappa shape index (κ3) is 3.01. The molecular weight excluding hydrogens is 332 g/mol. The van der Waals surface area contributed by atoms with Gasteiger partial charge in [-0.3, -0.25) is 29.4 Å². The van der Waals surface area contributed by atoms with Gasteiger partial charge < -0.3 is 9.84 Å². The summed E-state index contributed by atoms with van der Waals surface area (Å²) in [7, 11) is 0. The zero-order valence-corrected chi connectivity index (χ0v) is 12.9. The van der Waals surface area contributed by atoms with Gasteiger partial charge in [0.2, 0.25) is 11.8 Å². The van der Waals surface area contributed by atoms with Gasteiger partial charge in [0.25, 0.3) is 11.8 Å². The van der Waals surface area contributed by atoms with E-state index < -0.39 is 48.4 Å². The summed E-state index contributed by atoms with van der Waals surface area (Å²) in [6.45, 7) is -0.734. The fourth-order valence-corrected chi connectivity index (χ4v) is 2.95. The maximum atomic E-state index is 12.8. The highest BCUT2D eigenvalue weighted by Gasteiger charge is 2.46. The van der Waals surface area contributed by atoms with Crippen molar-refractivity contribution in [1.29, 1.82) is 0 Å². The summed E-state index contributed by atoms with van der Waals surface area (Å²) in [4.78, 5) is 60.4. The Bertz CT molecular complexity index is 788. The number of piperidine rings is 1. The second-order valence-corrected chi connectivity index (χ2v) is 5.65. The minimum absolute atomic E-state index is 0.00420. The first kappa shape index (κ1) is 16.8. The van der Waals surface area contributed by atoms with E-state index in [0.29, 0.717) is 0 Å². The topological polar surface area (TPSA) is 130 Å². The summed E-state index contributed by atoms with van der Waals surface area (Å²) in [6, 6.07) is 5.02. The van der Waals surface area contributed by atoms with Gasteiger partial charge in [0.05, 0.1) is 0 Å². The van der Waals surface area contributed by atoms with E-state index in [4.69, 9.17) is 9.84 Å². The molecule has 1 fully saturated rings. The van der Waals surface area contributed by atoms with Gasteiger partial charge in [-0.2, -0.15) is 0 Å². The monoisotopic (exact) mass is 346 g/mol. The lowest BCUT2D eigenvalue weighted by Gasteiger charge is -2.37. The molecule has 0 bridgehead atoms. The standard InChI is InChI=1S/C16H14N2O7/c19-11-6-5-10(14(22)17-11)18-15(23)9-4-2-1-3-8(9)13(16(18)24)25-7-12(20)21/h1-4,10,13H,5-7H2,(H,20,21)(H,17,19,22). The molecule has 0 spiro atoms. The van der Waals surface area contributed by atoms with Crippen LogP contribution in [0.5, 0.6) is 0 Å². The highest BCUT2D eigenvalue weighted by Crippen LogP contribution is 2.32. The van der Waals surface area contributed by atoms with E-state index in [1.165, 1.54) is 12.1 Å². The smallest absolute Gasteiger partial charge is 0.329 e. The molecule has 0 aromatic heterocycles. The van der Waals surface area contributed by atoms with Crippen LogP contribution in [0.3, 0.4) is 0 Å². The molecule has 0 saturated carbocycles. The molecule has 0 radical (unpaired) electrons. The van der Waals surface area contributed by atoms with Crippen molar-refractivity contribution < 1.29 is 33.8 Å². The fourth-order valence-electron chi connectivity index (χ4n) is 2.95. The zero-order chi connectivity index (χ0) is 18.1. The Morgan fingerprint density at radius 3 is 2.64 bits per heavy atom. The summed E-state index contributed by atoms with van der Waals surface area (Å²) >= 11 is 0. The van der Waals surface area contributed by atoms with Crippen LogP contribution in [0.2, 0.25) is 0 Å². The Labute approximate surface area is 141 Å². The molecule has 1 saturated heterocycles. The number of carbonyl (C=O) groups excluding carboxylic acids is 4. The molecule has 9 heteroatoms. The third-order valence-electron chi connectivity index (χ3n) is 4.05. The predicted molar refractivity (Wildman–Crippen MR) is 80.1 cm³/mol. The van der Waals surface area contributed by atoms with Crippen LogP contribution < -0.4 is 5.32 Å². The minimum atomic E-state index is -1.31. The van der Waals surface area contributed by atoms with E-state index in [2.05, 4.69) is 5.32 Å². The number of ether oxygens (including phenoxy) is 1. The van der Waals surface area contributed by atoms with Gasteiger partial charge in [-0.25, -0.2) is 4.79 Å². The summed E-state index contributed by atoms with van der Waals surface area (Å²) in [5.74, 6) is -3.98. The lowest BCUT2D eigenvalue weighted by molar-refractivity contribution is -0.156.